The molecule has 0 bridgehead atoms. The lowest BCUT2D eigenvalue weighted by atomic mass is 10.0. The molecule has 0 aliphatic carbocycles. The van der Waals surface area contributed by atoms with Gasteiger partial charge < -0.3 is 10.0 Å². The van der Waals surface area contributed by atoms with Crippen LogP contribution in [0.3, 0.4) is 0 Å². The first-order chi connectivity index (χ1) is 8.61. The summed E-state index contributed by atoms with van der Waals surface area (Å²) in [5.41, 5.74) is 2.56. The molecular weight excluding hydrogens is 226 g/mol. The summed E-state index contributed by atoms with van der Waals surface area (Å²) in [5.74, 6) is -1.07. The summed E-state index contributed by atoms with van der Waals surface area (Å²) in [7, 11) is 0. The van der Waals surface area contributed by atoms with Crippen molar-refractivity contribution < 1.29 is 9.90 Å². The number of hydrogen-bond donors (Lipinski definition) is 1. The topological polar surface area (TPSA) is 40.5 Å². The van der Waals surface area contributed by atoms with Crippen molar-refractivity contribution in [2.75, 3.05) is 11.4 Å². The largest absolute Gasteiger partial charge is 0.481 e. The molecule has 1 heterocycles. The molecule has 1 aliphatic rings. The molecule has 3 nitrogen and oxygen atoms in total. The fraction of sp³-hybridized carbons (Fsp3) is 0.533. The van der Waals surface area contributed by atoms with E-state index >= 15 is 0 Å². The number of carboxylic acids is 1. The lowest BCUT2D eigenvalue weighted by Crippen LogP contribution is -2.41. The van der Waals surface area contributed by atoms with Gasteiger partial charge in [-0.25, -0.2) is 0 Å². The Kier molecular flexibility index (Phi) is 3.90. The van der Waals surface area contributed by atoms with Gasteiger partial charge in [-0.15, -0.1) is 0 Å². The number of carbonyl (C=O) groups is 1. The second-order valence-corrected chi connectivity index (χ2v) is 5.15. The number of carboxylic acid groups (broad SMARTS) is 1. The Hall–Kier alpha value is -1.51. The zero-order valence-corrected chi connectivity index (χ0v) is 11.1. The first kappa shape index (κ1) is 12.9. The lowest BCUT2D eigenvalue weighted by Gasteiger charge is -2.33. The zero-order chi connectivity index (χ0) is 13.1. The molecule has 3 heteroatoms. The molecule has 2 rings (SSSR count). The van der Waals surface area contributed by atoms with Crippen LogP contribution in [0.25, 0.3) is 0 Å². The molecular formula is C15H21NO2. The highest BCUT2D eigenvalue weighted by Crippen LogP contribution is 2.29. The summed E-state index contributed by atoms with van der Waals surface area (Å²) in [4.78, 5) is 13.4. The van der Waals surface area contributed by atoms with E-state index < -0.39 is 5.97 Å². The molecule has 0 radical (unpaired) electrons. The van der Waals surface area contributed by atoms with Crippen LogP contribution in [0.4, 0.5) is 5.69 Å². The van der Waals surface area contributed by atoms with Gasteiger partial charge in [-0.2, -0.15) is 0 Å². The van der Waals surface area contributed by atoms with E-state index in [2.05, 4.69) is 23.1 Å². The van der Waals surface area contributed by atoms with Crippen molar-refractivity contribution in [3.05, 3.63) is 29.8 Å². The van der Waals surface area contributed by atoms with Gasteiger partial charge in [0.1, 0.15) is 0 Å². The van der Waals surface area contributed by atoms with Crippen molar-refractivity contribution in [1.29, 1.82) is 0 Å². The molecule has 98 valence electrons. The van der Waals surface area contributed by atoms with Gasteiger partial charge in [0.05, 0.1) is 5.92 Å². The van der Waals surface area contributed by atoms with Gasteiger partial charge in [0, 0.05) is 18.3 Å². The highest BCUT2D eigenvalue weighted by Gasteiger charge is 2.27. The Labute approximate surface area is 108 Å². The molecule has 2 atom stereocenters. The van der Waals surface area contributed by atoms with Crippen molar-refractivity contribution in [2.24, 2.45) is 5.92 Å². The minimum atomic E-state index is -0.718. The Morgan fingerprint density at radius 2 is 2.00 bits per heavy atom. The van der Waals surface area contributed by atoms with E-state index in [1.54, 1.807) is 6.92 Å². The minimum Gasteiger partial charge on any atom is -0.481 e. The summed E-state index contributed by atoms with van der Waals surface area (Å²) in [6.45, 7) is 4.76. The van der Waals surface area contributed by atoms with Gasteiger partial charge in [-0.1, -0.05) is 18.2 Å². The summed E-state index contributed by atoms with van der Waals surface area (Å²) < 4.78 is 0. The third-order valence-corrected chi connectivity index (χ3v) is 4.00. The maximum atomic E-state index is 11.2. The molecule has 0 spiro atoms. The van der Waals surface area contributed by atoms with E-state index in [4.69, 9.17) is 0 Å². The predicted octanol–water partition coefficient (Wildman–Crippen LogP) is 2.94. The molecule has 0 saturated heterocycles. The third kappa shape index (κ3) is 2.50. The second-order valence-electron chi connectivity index (χ2n) is 5.15. The normalized spacial score (nSPS) is 18.7. The molecule has 0 fully saturated rings. The molecule has 0 saturated carbocycles. The van der Waals surface area contributed by atoms with Gasteiger partial charge >= 0.3 is 5.97 Å². The van der Waals surface area contributed by atoms with E-state index in [1.807, 2.05) is 13.0 Å². The monoisotopic (exact) mass is 247 g/mol. The van der Waals surface area contributed by atoms with Crippen LogP contribution in [-0.4, -0.2) is 23.7 Å². The van der Waals surface area contributed by atoms with Gasteiger partial charge in [0.25, 0.3) is 0 Å². The fourth-order valence-corrected chi connectivity index (χ4v) is 2.62. The number of hydrogen-bond acceptors (Lipinski definition) is 2. The van der Waals surface area contributed by atoms with Crippen LogP contribution >= 0.6 is 0 Å². The lowest BCUT2D eigenvalue weighted by molar-refractivity contribution is -0.141. The van der Waals surface area contributed by atoms with Crippen molar-refractivity contribution in [3.8, 4) is 0 Å². The molecule has 2 unspecified atom stereocenters. The Morgan fingerprint density at radius 1 is 1.28 bits per heavy atom. The van der Waals surface area contributed by atoms with Crippen molar-refractivity contribution >= 4 is 11.7 Å². The maximum Gasteiger partial charge on any atom is 0.308 e. The summed E-state index contributed by atoms with van der Waals surface area (Å²) in [5, 5.41) is 9.17. The highest BCUT2D eigenvalue weighted by atomic mass is 16.4. The SMILES string of the molecule is CC(C(=O)O)C(C)N1CCCCc2ccccc21. The van der Waals surface area contributed by atoms with Crippen LogP contribution < -0.4 is 4.90 Å². The van der Waals surface area contributed by atoms with Crippen LogP contribution in [0.15, 0.2) is 24.3 Å². The van der Waals surface area contributed by atoms with E-state index in [0.717, 1.165) is 19.4 Å². The molecule has 1 aromatic rings. The number of benzene rings is 1. The number of rotatable bonds is 3. The van der Waals surface area contributed by atoms with Gasteiger partial charge in [-0.05, 0) is 44.7 Å². The molecule has 1 N–H and O–H groups in total. The van der Waals surface area contributed by atoms with E-state index in [0.29, 0.717) is 0 Å². The van der Waals surface area contributed by atoms with E-state index in [9.17, 15) is 9.90 Å². The van der Waals surface area contributed by atoms with Crippen LogP contribution in [-0.2, 0) is 11.2 Å². The smallest absolute Gasteiger partial charge is 0.308 e. The van der Waals surface area contributed by atoms with Gasteiger partial charge in [0.15, 0.2) is 0 Å². The third-order valence-electron chi connectivity index (χ3n) is 4.00. The Morgan fingerprint density at radius 3 is 2.72 bits per heavy atom. The maximum absolute atomic E-state index is 11.2. The first-order valence-corrected chi connectivity index (χ1v) is 6.68. The average Bonchev–Trinajstić information content (AvgIpc) is 2.59. The molecule has 0 amide bonds. The number of aryl methyl sites for hydroxylation is 1. The molecule has 1 aliphatic heterocycles. The van der Waals surface area contributed by atoms with Crippen molar-refractivity contribution in [1.82, 2.24) is 0 Å². The van der Waals surface area contributed by atoms with Gasteiger partial charge in [0.2, 0.25) is 0 Å². The van der Waals surface area contributed by atoms with E-state index in [-0.39, 0.29) is 12.0 Å². The number of nitrogens with zero attached hydrogens (tertiary/aromatic N) is 1. The standard InChI is InChI=1S/C15H21NO2/c1-11(15(17)18)12(2)16-10-6-5-8-13-7-3-4-9-14(13)16/h3-4,7,9,11-12H,5-6,8,10H2,1-2H3,(H,17,18). The van der Waals surface area contributed by atoms with E-state index in [1.165, 1.54) is 17.7 Å². The zero-order valence-electron chi connectivity index (χ0n) is 11.1. The number of fused-ring (bicyclic) bond motifs is 1. The molecule has 0 aromatic heterocycles. The predicted molar refractivity (Wildman–Crippen MR) is 73.0 cm³/mol. The number of anilines is 1. The minimum absolute atomic E-state index is 0.0294. The van der Waals surface area contributed by atoms with Crippen LogP contribution in [0.2, 0.25) is 0 Å². The van der Waals surface area contributed by atoms with Crippen LogP contribution in [0.1, 0.15) is 32.3 Å². The fourth-order valence-electron chi connectivity index (χ4n) is 2.62. The second kappa shape index (κ2) is 5.42. The Bertz CT molecular complexity index is 430. The first-order valence-electron chi connectivity index (χ1n) is 6.68. The summed E-state index contributed by atoms with van der Waals surface area (Å²) in [6.07, 6.45) is 3.41. The quantitative estimate of drug-likeness (QED) is 0.892. The molecule has 1 aromatic carbocycles. The highest BCUT2D eigenvalue weighted by molar-refractivity contribution is 5.71. The van der Waals surface area contributed by atoms with Crippen LogP contribution in [0, 0.1) is 5.92 Å². The van der Waals surface area contributed by atoms with Crippen LogP contribution in [0.5, 0.6) is 0 Å². The van der Waals surface area contributed by atoms with Crippen molar-refractivity contribution in [2.45, 2.75) is 39.2 Å². The summed E-state index contributed by atoms with van der Waals surface area (Å²) >= 11 is 0. The number of para-hydroxylation sites is 1. The molecule has 18 heavy (non-hydrogen) atoms. The van der Waals surface area contributed by atoms with Crippen molar-refractivity contribution in [3.63, 3.8) is 0 Å². The number of aliphatic carboxylic acids is 1. The Balaban J connectivity index is 2.30. The summed E-state index contributed by atoms with van der Waals surface area (Å²) in [6, 6.07) is 8.40. The van der Waals surface area contributed by atoms with Gasteiger partial charge in [-0.3, -0.25) is 4.79 Å². The average molecular weight is 247 g/mol.